The lowest BCUT2D eigenvalue weighted by Gasteiger charge is -2.35. The Morgan fingerprint density at radius 2 is 1.97 bits per heavy atom. The number of hydrogen-bond acceptors (Lipinski definition) is 4. The van der Waals surface area contributed by atoms with Crippen LogP contribution in [0.5, 0.6) is 0 Å². The van der Waals surface area contributed by atoms with Crippen molar-refractivity contribution < 1.29 is 9.53 Å². The molecule has 6 nitrogen and oxygen atoms in total. The average Bonchev–Trinajstić information content (AvgIpc) is 3.41. The number of aromatic amines is 1. The van der Waals surface area contributed by atoms with Crippen molar-refractivity contribution in [3.63, 3.8) is 0 Å². The summed E-state index contributed by atoms with van der Waals surface area (Å²) in [6.07, 6.45) is 8.98. The van der Waals surface area contributed by atoms with Crippen molar-refractivity contribution in [1.82, 2.24) is 19.6 Å². The maximum absolute atomic E-state index is 12.3. The van der Waals surface area contributed by atoms with Gasteiger partial charge in [-0.2, -0.15) is 5.10 Å². The SMILES string of the molecule is O=C1O[C@]2(CC[C@@H](c3cc4[nH]c(-c5ccccc5)cn4n3)CC2)c2cnccc21. The van der Waals surface area contributed by atoms with E-state index in [2.05, 4.69) is 28.2 Å². The minimum Gasteiger partial charge on any atom is -0.450 e. The first-order chi connectivity index (χ1) is 14.2. The second-order valence-electron chi connectivity index (χ2n) is 8.01. The van der Waals surface area contributed by atoms with Crippen LogP contribution in [-0.2, 0) is 10.3 Å². The maximum Gasteiger partial charge on any atom is 0.339 e. The minimum absolute atomic E-state index is 0.218. The summed E-state index contributed by atoms with van der Waals surface area (Å²) in [5.74, 6) is 0.151. The van der Waals surface area contributed by atoms with E-state index in [1.54, 1.807) is 18.5 Å². The largest absolute Gasteiger partial charge is 0.450 e. The Balaban J connectivity index is 1.24. The van der Waals surface area contributed by atoms with Gasteiger partial charge in [0.1, 0.15) is 11.2 Å². The Bertz CT molecular complexity index is 1180. The van der Waals surface area contributed by atoms with Crippen LogP contribution in [0, 0.1) is 0 Å². The standard InChI is InChI=1S/C23H20N4O2/c28-22-17-8-11-24-13-18(17)23(29-22)9-6-16(7-10-23)19-12-21-25-20(14-27(21)26-19)15-4-2-1-3-5-15/h1-5,8,11-14,16,25H,6-7,9-10H2/t16-,23+. The van der Waals surface area contributed by atoms with Gasteiger partial charge in [0.15, 0.2) is 0 Å². The third kappa shape index (κ3) is 2.52. The molecule has 1 fully saturated rings. The van der Waals surface area contributed by atoms with E-state index in [1.165, 1.54) is 0 Å². The Hall–Kier alpha value is -3.41. The predicted octanol–water partition coefficient (Wildman–Crippen LogP) is 4.45. The Labute approximate surface area is 167 Å². The van der Waals surface area contributed by atoms with E-state index in [0.717, 1.165) is 53.8 Å². The molecule has 6 heteroatoms. The van der Waals surface area contributed by atoms with Gasteiger partial charge in [-0.15, -0.1) is 0 Å². The summed E-state index contributed by atoms with van der Waals surface area (Å²) in [6, 6.07) is 14.2. The van der Waals surface area contributed by atoms with Crippen LogP contribution in [0.1, 0.15) is 53.2 Å². The maximum atomic E-state index is 12.3. The number of esters is 1. The van der Waals surface area contributed by atoms with Crippen molar-refractivity contribution in [2.24, 2.45) is 0 Å². The molecule has 0 radical (unpaired) electrons. The number of pyridine rings is 1. The zero-order valence-corrected chi connectivity index (χ0v) is 15.8. The van der Waals surface area contributed by atoms with Crippen molar-refractivity contribution in [2.45, 2.75) is 37.2 Å². The number of carbonyl (C=O) groups excluding carboxylic acids is 1. The fourth-order valence-corrected chi connectivity index (χ4v) is 4.84. The smallest absolute Gasteiger partial charge is 0.339 e. The van der Waals surface area contributed by atoms with Crippen LogP contribution >= 0.6 is 0 Å². The summed E-state index contributed by atoms with van der Waals surface area (Å²) in [5, 5.41) is 4.82. The number of fused-ring (bicyclic) bond motifs is 3. The highest BCUT2D eigenvalue weighted by molar-refractivity contribution is 5.94. The molecule has 0 amide bonds. The van der Waals surface area contributed by atoms with E-state index < -0.39 is 5.60 Å². The number of H-pyrrole nitrogens is 1. The zero-order chi connectivity index (χ0) is 19.4. The lowest BCUT2D eigenvalue weighted by atomic mass is 9.74. The molecule has 29 heavy (non-hydrogen) atoms. The molecule has 144 valence electrons. The number of imidazole rings is 1. The van der Waals surface area contributed by atoms with E-state index in [4.69, 9.17) is 9.84 Å². The normalized spacial score (nSPS) is 23.4. The van der Waals surface area contributed by atoms with Gasteiger partial charge in [0.2, 0.25) is 0 Å². The Morgan fingerprint density at radius 1 is 1.14 bits per heavy atom. The van der Waals surface area contributed by atoms with Crippen LogP contribution < -0.4 is 0 Å². The third-order valence-corrected chi connectivity index (χ3v) is 6.39. The van der Waals surface area contributed by atoms with Gasteiger partial charge in [0, 0.05) is 29.9 Å². The summed E-state index contributed by atoms with van der Waals surface area (Å²) in [5.41, 5.74) is 5.43. The molecule has 1 aromatic carbocycles. The first kappa shape index (κ1) is 16.5. The number of benzene rings is 1. The van der Waals surface area contributed by atoms with Crippen LogP contribution in [0.2, 0.25) is 0 Å². The van der Waals surface area contributed by atoms with E-state index in [9.17, 15) is 4.79 Å². The highest BCUT2D eigenvalue weighted by atomic mass is 16.6. The summed E-state index contributed by atoms with van der Waals surface area (Å²) in [6.45, 7) is 0. The van der Waals surface area contributed by atoms with Gasteiger partial charge in [-0.25, -0.2) is 9.31 Å². The second kappa shape index (κ2) is 6.04. The van der Waals surface area contributed by atoms with Crippen molar-refractivity contribution in [3.05, 3.63) is 77.9 Å². The Morgan fingerprint density at radius 3 is 2.76 bits per heavy atom. The molecule has 4 aromatic rings. The molecular weight excluding hydrogens is 364 g/mol. The molecule has 1 saturated carbocycles. The van der Waals surface area contributed by atoms with Crippen molar-refractivity contribution in [3.8, 4) is 11.3 Å². The van der Waals surface area contributed by atoms with Gasteiger partial charge >= 0.3 is 5.97 Å². The number of carbonyl (C=O) groups is 1. The van der Waals surface area contributed by atoms with E-state index in [-0.39, 0.29) is 5.97 Å². The minimum atomic E-state index is -0.502. The van der Waals surface area contributed by atoms with E-state index in [0.29, 0.717) is 11.5 Å². The van der Waals surface area contributed by atoms with Gasteiger partial charge in [0.05, 0.1) is 23.1 Å². The lowest BCUT2D eigenvalue weighted by molar-refractivity contribution is -0.0312. The first-order valence-corrected chi connectivity index (χ1v) is 10.0. The monoisotopic (exact) mass is 384 g/mol. The van der Waals surface area contributed by atoms with Gasteiger partial charge in [-0.1, -0.05) is 30.3 Å². The number of nitrogens with one attached hydrogen (secondary N) is 1. The molecule has 6 rings (SSSR count). The van der Waals surface area contributed by atoms with Gasteiger partial charge in [-0.3, -0.25) is 4.98 Å². The van der Waals surface area contributed by atoms with Crippen molar-refractivity contribution in [1.29, 1.82) is 0 Å². The Kier molecular flexibility index (Phi) is 3.45. The highest BCUT2D eigenvalue weighted by Crippen LogP contribution is 2.49. The van der Waals surface area contributed by atoms with Crippen molar-refractivity contribution in [2.75, 3.05) is 0 Å². The number of rotatable bonds is 2. The summed E-state index contributed by atoms with van der Waals surface area (Å²) < 4.78 is 7.77. The number of aromatic nitrogens is 4. The van der Waals surface area contributed by atoms with Crippen LogP contribution in [0.25, 0.3) is 16.9 Å². The second-order valence-corrected chi connectivity index (χ2v) is 8.01. The fraction of sp³-hybridized carbons (Fsp3) is 0.261. The topological polar surface area (TPSA) is 72.3 Å². The molecule has 1 N–H and O–H groups in total. The molecule has 4 heterocycles. The fourth-order valence-electron chi connectivity index (χ4n) is 4.84. The van der Waals surface area contributed by atoms with E-state index >= 15 is 0 Å². The van der Waals surface area contributed by atoms with Crippen LogP contribution in [0.15, 0.2) is 61.1 Å². The average molecular weight is 384 g/mol. The molecule has 0 atom stereocenters. The molecular formula is C23H20N4O2. The molecule has 1 aliphatic heterocycles. The molecule has 3 aromatic heterocycles. The van der Waals surface area contributed by atoms with Crippen LogP contribution in [-0.4, -0.2) is 25.6 Å². The molecule has 2 aliphatic rings. The molecule has 0 bridgehead atoms. The molecule has 1 aliphatic carbocycles. The first-order valence-electron chi connectivity index (χ1n) is 10.0. The highest BCUT2D eigenvalue weighted by Gasteiger charge is 2.48. The van der Waals surface area contributed by atoms with E-state index in [1.807, 2.05) is 28.9 Å². The van der Waals surface area contributed by atoms with Gasteiger partial charge < -0.3 is 9.72 Å². The van der Waals surface area contributed by atoms with Crippen LogP contribution in [0.4, 0.5) is 0 Å². The van der Waals surface area contributed by atoms with Gasteiger partial charge in [-0.05, 0) is 37.3 Å². The summed E-state index contributed by atoms with van der Waals surface area (Å²) in [7, 11) is 0. The summed E-state index contributed by atoms with van der Waals surface area (Å²) in [4.78, 5) is 19.9. The molecule has 1 spiro atoms. The predicted molar refractivity (Wildman–Crippen MR) is 108 cm³/mol. The number of hydrogen-bond donors (Lipinski definition) is 1. The van der Waals surface area contributed by atoms with Gasteiger partial charge in [0.25, 0.3) is 0 Å². The van der Waals surface area contributed by atoms with Crippen molar-refractivity contribution >= 4 is 11.6 Å². The van der Waals surface area contributed by atoms with Crippen LogP contribution in [0.3, 0.4) is 0 Å². The zero-order valence-electron chi connectivity index (χ0n) is 15.8. The third-order valence-electron chi connectivity index (χ3n) is 6.39. The number of ether oxygens (including phenoxy) is 1. The molecule has 0 saturated heterocycles. The summed E-state index contributed by atoms with van der Waals surface area (Å²) >= 11 is 0. The number of nitrogens with zero attached hydrogens (tertiary/aromatic N) is 3. The molecule has 0 unspecified atom stereocenters. The lowest BCUT2D eigenvalue weighted by Crippen LogP contribution is -2.31. The quantitative estimate of drug-likeness (QED) is 0.518.